The van der Waals surface area contributed by atoms with Crippen molar-refractivity contribution < 1.29 is 13.6 Å². The van der Waals surface area contributed by atoms with Crippen LogP contribution in [0.25, 0.3) is 0 Å². The molecule has 0 saturated carbocycles. The van der Waals surface area contributed by atoms with E-state index in [2.05, 4.69) is 0 Å². The third-order valence-electron chi connectivity index (χ3n) is 1.63. The molecule has 1 rings (SSSR count). The lowest BCUT2D eigenvalue weighted by Crippen LogP contribution is -1.99. The largest absolute Gasteiger partial charge is 0.294 e. The monoisotopic (exact) mass is 204 g/mol. The summed E-state index contributed by atoms with van der Waals surface area (Å²) in [5.41, 5.74) is 0.0156. The van der Waals surface area contributed by atoms with E-state index in [-0.39, 0.29) is 17.8 Å². The first-order valence-corrected chi connectivity index (χ1v) is 4.11. The van der Waals surface area contributed by atoms with Gasteiger partial charge in [0.05, 0.1) is 0 Å². The Balaban J connectivity index is 3.20. The standard InChI is InChI=1S/C9H7ClF2O/c1-2-8(13)5-3-6(11)9(10)7(12)4-5/h3-4H,2H2,1H3. The molecule has 0 aromatic heterocycles. The van der Waals surface area contributed by atoms with E-state index in [4.69, 9.17) is 11.6 Å². The van der Waals surface area contributed by atoms with Crippen LogP contribution in [-0.2, 0) is 0 Å². The molecule has 0 spiro atoms. The summed E-state index contributed by atoms with van der Waals surface area (Å²) >= 11 is 5.24. The quantitative estimate of drug-likeness (QED) is 0.534. The van der Waals surface area contributed by atoms with Crippen molar-refractivity contribution >= 4 is 17.4 Å². The highest BCUT2D eigenvalue weighted by Crippen LogP contribution is 2.20. The van der Waals surface area contributed by atoms with Crippen LogP contribution in [0.5, 0.6) is 0 Å². The lowest BCUT2D eigenvalue weighted by molar-refractivity contribution is 0.0987. The number of ketones is 1. The van der Waals surface area contributed by atoms with Crippen molar-refractivity contribution in [3.05, 3.63) is 34.4 Å². The van der Waals surface area contributed by atoms with Gasteiger partial charge in [-0.2, -0.15) is 0 Å². The van der Waals surface area contributed by atoms with Crippen molar-refractivity contribution in [3.8, 4) is 0 Å². The van der Waals surface area contributed by atoms with Crippen LogP contribution in [0.1, 0.15) is 23.7 Å². The second kappa shape index (κ2) is 3.83. The zero-order valence-electron chi connectivity index (χ0n) is 6.90. The fourth-order valence-corrected chi connectivity index (χ4v) is 1.03. The van der Waals surface area contributed by atoms with Gasteiger partial charge in [0.15, 0.2) is 5.78 Å². The van der Waals surface area contributed by atoms with E-state index in [1.54, 1.807) is 6.92 Å². The van der Waals surface area contributed by atoms with Gasteiger partial charge in [-0.05, 0) is 12.1 Å². The lowest BCUT2D eigenvalue weighted by Gasteiger charge is -2.00. The van der Waals surface area contributed by atoms with E-state index in [0.717, 1.165) is 12.1 Å². The van der Waals surface area contributed by atoms with Gasteiger partial charge in [-0.25, -0.2) is 8.78 Å². The summed E-state index contributed by atoms with van der Waals surface area (Å²) in [6.45, 7) is 1.62. The number of hydrogen-bond donors (Lipinski definition) is 0. The fraction of sp³-hybridized carbons (Fsp3) is 0.222. The molecule has 13 heavy (non-hydrogen) atoms. The molecule has 4 heteroatoms. The first-order chi connectivity index (χ1) is 6.06. The van der Waals surface area contributed by atoms with E-state index >= 15 is 0 Å². The minimum atomic E-state index is -0.904. The first kappa shape index (κ1) is 10.1. The van der Waals surface area contributed by atoms with Crippen molar-refractivity contribution in [1.82, 2.24) is 0 Å². The smallest absolute Gasteiger partial charge is 0.162 e. The molecule has 0 aliphatic heterocycles. The topological polar surface area (TPSA) is 17.1 Å². The molecule has 0 N–H and O–H groups in total. The van der Waals surface area contributed by atoms with Crippen LogP contribution in [0.3, 0.4) is 0 Å². The molecule has 1 aromatic rings. The van der Waals surface area contributed by atoms with E-state index in [9.17, 15) is 13.6 Å². The number of carbonyl (C=O) groups is 1. The highest BCUT2D eigenvalue weighted by molar-refractivity contribution is 6.31. The molecule has 0 saturated heterocycles. The second-order valence-corrected chi connectivity index (χ2v) is 2.91. The maximum atomic E-state index is 12.8. The number of Topliss-reactive ketones (excluding diaryl/α,β-unsaturated/α-hetero) is 1. The Labute approximate surface area is 79.3 Å². The summed E-state index contributed by atoms with van der Waals surface area (Å²) in [6.07, 6.45) is 0.209. The molecule has 0 radical (unpaired) electrons. The minimum Gasteiger partial charge on any atom is -0.294 e. The summed E-state index contributed by atoms with van der Waals surface area (Å²) < 4.78 is 25.6. The second-order valence-electron chi connectivity index (χ2n) is 2.53. The predicted molar refractivity (Wildman–Crippen MR) is 46.0 cm³/mol. The average molecular weight is 205 g/mol. The van der Waals surface area contributed by atoms with Gasteiger partial charge in [-0.15, -0.1) is 0 Å². The number of halogens is 3. The Morgan fingerprint density at radius 3 is 2.23 bits per heavy atom. The molecule has 0 amide bonds. The maximum Gasteiger partial charge on any atom is 0.162 e. The van der Waals surface area contributed by atoms with Crippen LogP contribution in [-0.4, -0.2) is 5.78 Å². The predicted octanol–water partition coefficient (Wildman–Crippen LogP) is 3.21. The third kappa shape index (κ3) is 2.04. The van der Waals surface area contributed by atoms with Crippen LogP contribution in [0.15, 0.2) is 12.1 Å². The molecule has 0 heterocycles. The van der Waals surface area contributed by atoms with Crippen LogP contribution in [0, 0.1) is 11.6 Å². The molecule has 1 nitrogen and oxygen atoms in total. The zero-order chi connectivity index (χ0) is 10.0. The van der Waals surface area contributed by atoms with Crippen molar-refractivity contribution in [3.63, 3.8) is 0 Å². The van der Waals surface area contributed by atoms with Gasteiger partial charge in [0.2, 0.25) is 0 Å². The van der Waals surface area contributed by atoms with Crippen molar-refractivity contribution in [2.75, 3.05) is 0 Å². The number of benzene rings is 1. The summed E-state index contributed by atoms with van der Waals surface area (Å²) in [5.74, 6) is -2.12. The number of rotatable bonds is 2. The molecule has 0 fully saturated rings. The Hall–Kier alpha value is -0.960. The first-order valence-electron chi connectivity index (χ1n) is 3.74. The van der Waals surface area contributed by atoms with E-state index in [1.165, 1.54) is 0 Å². The molecule has 70 valence electrons. The molecule has 1 aromatic carbocycles. The average Bonchev–Trinajstić information content (AvgIpc) is 2.12. The molecule has 0 unspecified atom stereocenters. The zero-order valence-corrected chi connectivity index (χ0v) is 7.66. The normalized spacial score (nSPS) is 10.2. The van der Waals surface area contributed by atoms with Crippen molar-refractivity contribution in [1.29, 1.82) is 0 Å². The van der Waals surface area contributed by atoms with Gasteiger partial charge < -0.3 is 0 Å². The maximum absolute atomic E-state index is 12.8. The van der Waals surface area contributed by atoms with Gasteiger partial charge >= 0.3 is 0 Å². The van der Waals surface area contributed by atoms with Crippen LogP contribution < -0.4 is 0 Å². The molecular formula is C9H7ClF2O. The van der Waals surface area contributed by atoms with Crippen LogP contribution in [0.4, 0.5) is 8.78 Å². The third-order valence-corrected chi connectivity index (χ3v) is 1.99. The van der Waals surface area contributed by atoms with Gasteiger partial charge in [0.25, 0.3) is 0 Å². The Kier molecular flexibility index (Phi) is 2.98. The van der Waals surface area contributed by atoms with Gasteiger partial charge in [-0.1, -0.05) is 18.5 Å². The summed E-state index contributed by atoms with van der Waals surface area (Å²) in [7, 11) is 0. The highest BCUT2D eigenvalue weighted by atomic mass is 35.5. The molecule has 0 bridgehead atoms. The van der Waals surface area contributed by atoms with Gasteiger partial charge in [0, 0.05) is 12.0 Å². The summed E-state index contributed by atoms with van der Waals surface area (Å²) in [4.78, 5) is 11.1. The molecule has 0 atom stereocenters. The number of hydrogen-bond acceptors (Lipinski definition) is 1. The molecular weight excluding hydrogens is 198 g/mol. The molecule has 0 aliphatic carbocycles. The highest BCUT2D eigenvalue weighted by Gasteiger charge is 2.12. The van der Waals surface area contributed by atoms with Gasteiger partial charge in [-0.3, -0.25) is 4.79 Å². The summed E-state index contributed by atoms with van der Waals surface area (Å²) in [6, 6.07) is 1.88. The lowest BCUT2D eigenvalue weighted by atomic mass is 10.1. The van der Waals surface area contributed by atoms with Gasteiger partial charge in [0.1, 0.15) is 16.7 Å². The molecule has 0 aliphatic rings. The van der Waals surface area contributed by atoms with Crippen LogP contribution in [0.2, 0.25) is 5.02 Å². The van der Waals surface area contributed by atoms with Crippen molar-refractivity contribution in [2.24, 2.45) is 0 Å². The summed E-state index contributed by atoms with van der Waals surface area (Å²) in [5, 5.41) is -0.576. The number of carbonyl (C=O) groups excluding carboxylic acids is 1. The van der Waals surface area contributed by atoms with Crippen molar-refractivity contribution in [2.45, 2.75) is 13.3 Å². The Bertz CT molecular complexity index is 326. The van der Waals surface area contributed by atoms with Crippen LogP contribution >= 0.6 is 11.6 Å². The van der Waals surface area contributed by atoms with E-state index in [1.807, 2.05) is 0 Å². The Morgan fingerprint density at radius 1 is 1.38 bits per heavy atom. The minimum absolute atomic E-state index is 0.0156. The Morgan fingerprint density at radius 2 is 1.85 bits per heavy atom. The SMILES string of the molecule is CCC(=O)c1cc(F)c(Cl)c(F)c1. The fourth-order valence-electron chi connectivity index (χ4n) is 0.921. The van der Waals surface area contributed by atoms with E-state index < -0.39 is 16.7 Å². The van der Waals surface area contributed by atoms with E-state index in [0.29, 0.717) is 0 Å².